The molecule has 9 nitrogen and oxygen atoms in total. The number of hydrogen-bond donors (Lipinski definition) is 5. The maximum atomic E-state index is 13.7. The van der Waals surface area contributed by atoms with Gasteiger partial charge in [-0.1, -0.05) is 80.6 Å². The first-order chi connectivity index (χ1) is 22.3. The molecule has 0 saturated heterocycles. The van der Waals surface area contributed by atoms with E-state index in [0.717, 1.165) is 29.5 Å². The molecule has 2 aliphatic heterocycles. The van der Waals surface area contributed by atoms with E-state index in [1.165, 1.54) is 5.56 Å². The van der Waals surface area contributed by atoms with Gasteiger partial charge in [-0.15, -0.1) is 0 Å². The lowest BCUT2D eigenvalue weighted by Crippen LogP contribution is -2.57. The second-order valence-corrected chi connectivity index (χ2v) is 12.7. The lowest BCUT2D eigenvalue weighted by Gasteiger charge is -2.30. The summed E-state index contributed by atoms with van der Waals surface area (Å²) in [5.74, 6) is -0.178. The Balaban J connectivity index is 1.32. The molecule has 3 amide bonds. The third kappa shape index (κ3) is 8.95. The highest BCUT2D eigenvalue weighted by Crippen LogP contribution is 2.30. The number of rotatable bonds is 9. The van der Waals surface area contributed by atoms with Crippen LogP contribution < -0.4 is 26.0 Å². The highest BCUT2D eigenvalue weighted by molar-refractivity contribution is 5.88. The molecule has 3 aromatic rings. The van der Waals surface area contributed by atoms with Crippen molar-refractivity contribution >= 4 is 17.7 Å². The second kappa shape index (κ2) is 15.9. The average Bonchev–Trinajstić information content (AvgIpc) is 3.46. The second-order valence-electron chi connectivity index (χ2n) is 12.7. The average molecular weight is 627 g/mol. The molecule has 0 fully saturated rings. The van der Waals surface area contributed by atoms with Crippen LogP contribution in [-0.2, 0) is 33.6 Å². The molecule has 2 heterocycles. The Hall–Kier alpha value is -4.21. The van der Waals surface area contributed by atoms with Crippen LogP contribution in [0.1, 0.15) is 61.4 Å². The number of amides is 3. The summed E-state index contributed by atoms with van der Waals surface area (Å²) in [7, 11) is 0. The fourth-order valence-corrected chi connectivity index (χ4v) is 6.23. The van der Waals surface area contributed by atoms with E-state index in [1.807, 2.05) is 80.6 Å². The van der Waals surface area contributed by atoms with Crippen molar-refractivity contribution in [3.05, 3.63) is 101 Å². The first-order valence-electron chi connectivity index (χ1n) is 16.4. The molecule has 6 rings (SSSR count). The molecule has 46 heavy (non-hydrogen) atoms. The Kier molecular flexibility index (Phi) is 11.4. The van der Waals surface area contributed by atoms with Gasteiger partial charge in [0.2, 0.25) is 17.7 Å². The minimum Gasteiger partial charge on any atom is -0.494 e. The zero-order valence-corrected chi connectivity index (χ0v) is 26.7. The normalized spacial score (nSPS) is 21.6. The number of aliphatic hydroxyl groups is 1. The van der Waals surface area contributed by atoms with Crippen LogP contribution in [0.15, 0.2) is 78.9 Å². The molecule has 0 radical (unpaired) electrons. The molecule has 0 aromatic heterocycles. The molecular formula is C37H46N4O5. The first-order valence-corrected chi connectivity index (χ1v) is 16.4. The number of ether oxygens (including phenoxy) is 1. The molecule has 1 aliphatic carbocycles. The number of nitrogens with one attached hydrogen (secondary N) is 4. The standard InChI is InChI=1S/C37H46N4O5/c1-24(2)35-37(45)40-31(21-26-14-17-28(18-15-26)46-20-8-13-34(43)41-35)33(42)23-38-32(22-25-9-4-3-5-10-25)36(44)39-30-19-16-27-11-6-7-12-29(27)30/h3-7,9-12,14-15,17-18,24,30-33,35,38,42H,8,13,16,19-23H2,1-2H3,(H,39,44)(H,40,45)(H,41,43). The van der Waals surface area contributed by atoms with Gasteiger partial charge < -0.3 is 31.1 Å². The van der Waals surface area contributed by atoms with Crippen molar-refractivity contribution in [2.45, 2.75) is 82.6 Å². The molecule has 3 aliphatic rings. The van der Waals surface area contributed by atoms with Crippen molar-refractivity contribution in [1.29, 1.82) is 0 Å². The quantitative estimate of drug-likeness (QED) is 0.248. The third-order valence-electron chi connectivity index (χ3n) is 8.88. The van der Waals surface area contributed by atoms with Crippen molar-refractivity contribution < 1.29 is 24.2 Å². The summed E-state index contributed by atoms with van der Waals surface area (Å²) in [6, 6.07) is 23.4. The molecular weight excluding hydrogens is 580 g/mol. The first kappa shape index (κ1) is 33.2. The monoisotopic (exact) mass is 626 g/mol. The number of benzene rings is 3. The summed E-state index contributed by atoms with van der Waals surface area (Å²) >= 11 is 0. The Morgan fingerprint density at radius 1 is 0.957 bits per heavy atom. The van der Waals surface area contributed by atoms with Crippen molar-refractivity contribution in [3.8, 4) is 5.75 Å². The fourth-order valence-electron chi connectivity index (χ4n) is 6.23. The highest BCUT2D eigenvalue weighted by atomic mass is 16.5. The maximum absolute atomic E-state index is 13.7. The van der Waals surface area contributed by atoms with Gasteiger partial charge in [0, 0.05) is 13.0 Å². The van der Waals surface area contributed by atoms with Gasteiger partial charge in [-0.05, 0) is 72.4 Å². The molecule has 244 valence electrons. The molecule has 2 bridgehead atoms. The number of hydrogen-bond acceptors (Lipinski definition) is 6. The Bertz CT molecular complexity index is 1460. The summed E-state index contributed by atoms with van der Waals surface area (Å²) in [5, 5.41) is 24.0. The zero-order valence-electron chi connectivity index (χ0n) is 26.7. The van der Waals surface area contributed by atoms with Crippen molar-refractivity contribution in [2.24, 2.45) is 5.92 Å². The topological polar surface area (TPSA) is 129 Å². The number of aryl methyl sites for hydroxylation is 1. The Morgan fingerprint density at radius 3 is 2.46 bits per heavy atom. The number of fused-ring (bicyclic) bond motifs is 13. The van der Waals surface area contributed by atoms with Crippen LogP contribution >= 0.6 is 0 Å². The Labute approximate surface area is 271 Å². The summed E-state index contributed by atoms with van der Waals surface area (Å²) in [6.45, 7) is 4.21. The van der Waals surface area contributed by atoms with Crippen LogP contribution in [0.4, 0.5) is 0 Å². The maximum Gasteiger partial charge on any atom is 0.243 e. The van der Waals surface area contributed by atoms with E-state index < -0.39 is 24.2 Å². The van der Waals surface area contributed by atoms with Crippen molar-refractivity contribution in [2.75, 3.05) is 13.2 Å². The summed E-state index contributed by atoms with van der Waals surface area (Å²) in [4.78, 5) is 39.9. The molecule has 0 spiro atoms. The Morgan fingerprint density at radius 2 is 1.70 bits per heavy atom. The minimum absolute atomic E-state index is 0.0631. The van der Waals surface area contributed by atoms with Gasteiger partial charge in [0.15, 0.2) is 0 Å². The summed E-state index contributed by atoms with van der Waals surface area (Å²) in [5.41, 5.74) is 4.31. The summed E-state index contributed by atoms with van der Waals surface area (Å²) < 4.78 is 5.80. The van der Waals surface area contributed by atoms with E-state index in [2.05, 4.69) is 33.4 Å². The van der Waals surface area contributed by atoms with Crippen LogP contribution in [0.3, 0.4) is 0 Å². The van der Waals surface area contributed by atoms with Gasteiger partial charge in [-0.2, -0.15) is 0 Å². The van der Waals surface area contributed by atoms with Crippen LogP contribution in [0.25, 0.3) is 0 Å². The van der Waals surface area contributed by atoms with Crippen LogP contribution in [-0.4, -0.2) is 60.2 Å². The van der Waals surface area contributed by atoms with Gasteiger partial charge >= 0.3 is 0 Å². The molecule has 5 unspecified atom stereocenters. The molecule has 5 atom stereocenters. The van der Waals surface area contributed by atoms with Gasteiger partial charge in [0.05, 0.1) is 30.8 Å². The minimum atomic E-state index is -1.03. The molecule has 9 heteroatoms. The van der Waals surface area contributed by atoms with Crippen molar-refractivity contribution in [3.63, 3.8) is 0 Å². The fraction of sp³-hybridized carbons (Fsp3) is 0.432. The number of carbonyl (C=O) groups is 3. The van der Waals surface area contributed by atoms with Gasteiger partial charge in [0.1, 0.15) is 11.8 Å². The van der Waals surface area contributed by atoms with E-state index in [0.29, 0.717) is 31.6 Å². The number of carbonyl (C=O) groups excluding carboxylic acids is 3. The lowest BCUT2D eigenvalue weighted by atomic mass is 9.97. The van der Waals surface area contributed by atoms with Crippen LogP contribution in [0, 0.1) is 5.92 Å². The zero-order chi connectivity index (χ0) is 32.5. The summed E-state index contributed by atoms with van der Waals surface area (Å²) in [6.07, 6.45) is 2.29. The van der Waals surface area contributed by atoms with E-state index in [9.17, 15) is 19.5 Å². The van der Waals surface area contributed by atoms with Crippen LogP contribution in [0.5, 0.6) is 5.75 Å². The van der Waals surface area contributed by atoms with Gasteiger partial charge in [-0.3, -0.25) is 14.4 Å². The lowest BCUT2D eigenvalue weighted by molar-refractivity contribution is -0.131. The smallest absolute Gasteiger partial charge is 0.243 e. The van der Waals surface area contributed by atoms with E-state index in [1.54, 1.807) is 0 Å². The predicted octanol–water partition coefficient (Wildman–Crippen LogP) is 3.39. The molecule has 3 aromatic carbocycles. The van der Waals surface area contributed by atoms with Crippen molar-refractivity contribution in [1.82, 2.24) is 21.3 Å². The van der Waals surface area contributed by atoms with Gasteiger partial charge in [0.25, 0.3) is 0 Å². The highest BCUT2D eigenvalue weighted by Gasteiger charge is 2.31. The SMILES string of the molecule is CC(C)C1NC(=O)CCCOc2ccc(cc2)CC(C(O)CNC(Cc2ccccc2)C(=O)NC2CCc3ccccc32)NC1=O. The number of aliphatic hydroxyl groups excluding tert-OH is 1. The molecule has 5 N–H and O–H groups in total. The predicted molar refractivity (Wildman–Crippen MR) is 177 cm³/mol. The largest absolute Gasteiger partial charge is 0.494 e. The van der Waals surface area contributed by atoms with E-state index >= 15 is 0 Å². The van der Waals surface area contributed by atoms with Crippen LogP contribution in [0.2, 0.25) is 0 Å². The van der Waals surface area contributed by atoms with Gasteiger partial charge in [-0.25, -0.2) is 0 Å². The molecule has 0 saturated carbocycles. The van der Waals surface area contributed by atoms with E-state index in [4.69, 9.17) is 4.74 Å². The van der Waals surface area contributed by atoms with E-state index in [-0.39, 0.29) is 42.6 Å². The third-order valence-corrected chi connectivity index (χ3v) is 8.88.